The van der Waals surface area contributed by atoms with E-state index >= 15 is 0 Å². The highest BCUT2D eigenvalue weighted by Gasteiger charge is 2.27. The van der Waals surface area contributed by atoms with Crippen LogP contribution in [0.1, 0.15) is 271 Å². The largest absolute Gasteiger partial charge is 0.472 e. The molecule has 1 amide bonds. The molecule has 8 nitrogen and oxygen atoms in total. The number of likely N-dealkylation sites (N-methyl/N-ethyl adjacent to an activating group) is 1. The summed E-state index contributed by atoms with van der Waals surface area (Å²) in [5, 5.41) is 13.9. The predicted octanol–water partition coefficient (Wildman–Crippen LogP) is 18.1. The molecule has 0 heterocycles. The van der Waals surface area contributed by atoms with Gasteiger partial charge in [-0.05, 0) is 57.8 Å². The van der Waals surface area contributed by atoms with Crippen molar-refractivity contribution in [2.75, 3.05) is 40.9 Å². The van der Waals surface area contributed by atoms with Crippen molar-refractivity contribution in [3.63, 3.8) is 0 Å². The first-order chi connectivity index (χ1) is 34.0. The molecule has 9 heteroatoms. The maximum atomic E-state index is 13.0. The minimum absolute atomic E-state index is 0.0564. The molecule has 410 valence electrons. The lowest BCUT2D eigenvalue weighted by molar-refractivity contribution is -0.870. The van der Waals surface area contributed by atoms with Crippen molar-refractivity contribution in [1.82, 2.24) is 5.32 Å². The first kappa shape index (κ1) is 68.2. The van der Waals surface area contributed by atoms with Gasteiger partial charge in [-0.2, -0.15) is 0 Å². The second-order valence-electron chi connectivity index (χ2n) is 21.3. The van der Waals surface area contributed by atoms with Crippen LogP contribution in [0.5, 0.6) is 0 Å². The number of phosphoric ester groups is 1. The van der Waals surface area contributed by atoms with E-state index in [-0.39, 0.29) is 19.1 Å². The van der Waals surface area contributed by atoms with Crippen LogP contribution in [0.3, 0.4) is 0 Å². The van der Waals surface area contributed by atoms with Gasteiger partial charge in [0.2, 0.25) is 5.91 Å². The van der Waals surface area contributed by atoms with E-state index in [1.807, 2.05) is 27.2 Å². The fraction of sp³-hybridized carbons (Fsp3) is 0.820. The molecule has 0 rings (SSSR count). The van der Waals surface area contributed by atoms with Gasteiger partial charge in [0, 0.05) is 6.42 Å². The zero-order chi connectivity index (χ0) is 51.3. The van der Waals surface area contributed by atoms with Gasteiger partial charge < -0.3 is 19.8 Å². The quantitative estimate of drug-likeness (QED) is 0.0243. The van der Waals surface area contributed by atoms with E-state index in [0.29, 0.717) is 17.4 Å². The molecule has 0 fully saturated rings. The molecule has 0 radical (unpaired) electrons. The zero-order valence-electron chi connectivity index (χ0n) is 46.8. The van der Waals surface area contributed by atoms with E-state index in [4.69, 9.17) is 9.05 Å². The molecule has 0 aliphatic rings. The number of aliphatic hydroxyl groups excluding tert-OH is 1. The van der Waals surface area contributed by atoms with E-state index in [9.17, 15) is 19.4 Å². The Kier molecular flexibility index (Phi) is 50.7. The van der Waals surface area contributed by atoms with E-state index in [1.54, 1.807) is 6.08 Å². The SMILES string of the molecule is CC/C=C\C/C=C\C/C=C\C/C=C\CCCCCCCCC(=O)NC(COP(=O)(O)OCC[N+](C)(C)C)C(O)/C=C/CCCCCCCCCCCCCCCCCCCCCCCCCCCCC. The minimum atomic E-state index is -4.35. The van der Waals surface area contributed by atoms with Gasteiger partial charge in [-0.1, -0.05) is 267 Å². The lowest BCUT2D eigenvalue weighted by Crippen LogP contribution is -2.45. The first-order valence-electron chi connectivity index (χ1n) is 29.7. The summed E-state index contributed by atoms with van der Waals surface area (Å²) in [5.74, 6) is -0.190. The van der Waals surface area contributed by atoms with Crippen LogP contribution in [-0.2, 0) is 18.4 Å². The van der Waals surface area contributed by atoms with E-state index < -0.39 is 20.0 Å². The number of aliphatic hydroxyl groups is 1. The molecule has 0 aliphatic heterocycles. The van der Waals surface area contributed by atoms with Crippen molar-refractivity contribution in [3.05, 3.63) is 60.8 Å². The van der Waals surface area contributed by atoms with Gasteiger partial charge in [0.15, 0.2) is 0 Å². The van der Waals surface area contributed by atoms with Gasteiger partial charge in [-0.3, -0.25) is 13.8 Å². The van der Waals surface area contributed by atoms with Gasteiger partial charge in [0.1, 0.15) is 13.2 Å². The number of allylic oxidation sites excluding steroid dienone is 9. The molecule has 0 aromatic heterocycles. The number of quaternary nitrogens is 1. The van der Waals surface area contributed by atoms with Crippen molar-refractivity contribution in [2.45, 2.75) is 283 Å². The van der Waals surface area contributed by atoms with Gasteiger partial charge >= 0.3 is 7.82 Å². The number of hydrogen-bond acceptors (Lipinski definition) is 5. The van der Waals surface area contributed by atoms with Crippen molar-refractivity contribution in [1.29, 1.82) is 0 Å². The van der Waals surface area contributed by atoms with Crippen LogP contribution < -0.4 is 5.32 Å². The predicted molar refractivity (Wildman–Crippen MR) is 304 cm³/mol. The Morgan fingerprint density at radius 3 is 1.26 bits per heavy atom. The summed E-state index contributed by atoms with van der Waals surface area (Å²) in [6, 6.07) is -0.858. The standard InChI is InChI=1S/C61H115N2O6P/c1-6-8-10-12-14-16-18-20-22-24-26-27-28-29-30-31-32-33-34-35-37-38-40-42-44-46-48-50-52-54-60(64)59(58-69-70(66,67)68-57-56-63(3,4)5)62-61(65)55-53-51-49-47-45-43-41-39-36-25-23-21-19-17-15-13-11-9-7-2/h9,11,15,17,21,23,36,39,52,54,59-60,64H,6-8,10,12-14,16,18-20,22,24-35,37-38,40-51,53,55-58H2,1-5H3,(H-,62,65,66,67)/p+1/b11-9-,17-15-,23-21-,39-36-,54-52+. The van der Waals surface area contributed by atoms with Crippen LogP contribution in [-0.4, -0.2) is 73.4 Å². The summed E-state index contributed by atoms with van der Waals surface area (Å²) in [7, 11) is 1.56. The summed E-state index contributed by atoms with van der Waals surface area (Å²) < 4.78 is 23.7. The van der Waals surface area contributed by atoms with Crippen LogP contribution in [0.2, 0.25) is 0 Å². The Bertz CT molecular complexity index is 1320. The van der Waals surface area contributed by atoms with E-state index in [1.165, 1.54) is 173 Å². The summed E-state index contributed by atoms with van der Waals surface area (Å²) >= 11 is 0. The number of carbonyl (C=O) groups excluding carboxylic acids is 1. The fourth-order valence-corrected chi connectivity index (χ4v) is 9.36. The fourth-order valence-electron chi connectivity index (χ4n) is 8.62. The third-order valence-electron chi connectivity index (χ3n) is 13.2. The Hall–Kier alpha value is -1.80. The Morgan fingerprint density at radius 1 is 0.500 bits per heavy atom. The van der Waals surface area contributed by atoms with Crippen molar-refractivity contribution >= 4 is 13.7 Å². The smallest absolute Gasteiger partial charge is 0.387 e. The maximum absolute atomic E-state index is 13.0. The molecule has 70 heavy (non-hydrogen) atoms. The second kappa shape index (κ2) is 52.1. The third-order valence-corrected chi connectivity index (χ3v) is 14.2. The molecular formula is C61H116N2O6P+. The summed E-state index contributed by atoms with van der Waals surface area (Å²) in [6.45, 7) is 4.71. The summed E-state index contributed by atoms with van der Waals surface area (Å²) in [6.07, 6.45) is 70.5. The molecule has 3 atom stereocenters. The number of amides is 1. The molecule has 0 saturated carbocycles. The average Bonchev–Trinajstić information content (AvgIpc) is 3.32. The number of phosphoric acid groups is 1. The molecule has 3 unspecified atom stereocenters. The van der Waals surface area contributed by atoms with E-state index in [2.05, 4.69) is 67.8 Å². The number of rotatable bonds is 54. The molecule has 0 aromatic carbocycles. The van der Waals surface area contributed by atoms with Crippen LogP contribution in [0.25, 0.3) is 0 Å². The normalized spacial score (nSPS) is 14.3. The van der Waals surface area contributed by atoms with Crippen LogP contribution >= 0.6 is 7.82 Å². The lowest BCUT2D eigenvalue weighted by atomic mass is 10.0. The topological polar surface area (TPSA) is 105 Å². The van der Waals surface area contributed by atoms with E-state index in [0.717, 1.165) is 77.0 Å². The molecular weight excluding hydrogens is 888 g/mol. The number of hydrogen-bond donors (Lipinski definition) is 3. The third kappa shape index (κ3) is 54.0. The van der Waals surface area contributed by atoms with Gasteiger partial charge in [-0.15, -0.1) is 0 Å². The highest BCUT2D eigenvalue weighted by atomic mass is 31.2. The maximum Gasteiger partial charge on any atom is 0.472 e. The Labute approximate surface area is 434 Å². The Balaban J connectivity index is 4.17. The number of unbranched alkanes of at least 4 members (excludes halogenated alkanes) is 33. The highest BCUT2D eigenvalue weighted by Crippen LogP contribution is 2.43. The summed E-state index contributed by atoms with van der Waals surface area (Å²) in [5.41, 5.74) is 0. The minimum Gasteiger partial charge on any atom is -0.387 e. The van der Waals surface area contributed by atoms with Crippen molar-refractivity contribution in [2.24, 2.45) is 0 Å². The van der Waals surface area contributed by atoms with Crippen molar-refractivity contribution in [3.8, 4) is 0 Å². The number of nitrogens with one attached hydrogen (secondary N) is 1. The lowest BCUT2D eigenvalue weighted by Gasteiger charge is -2.25. The van der Waals surface area contributed by atoms with Crippen molar-refractivity contribution < 1.29 is 32.9 Å². The van der Waals surface area contributed by atoms with Gasteiger partial charge in [0.25, 0.3) is 0 Å². The molecule has 0 bridgehead atoms. The van der Waals surface area contributed by atoms with Crippen LogP contribution in [0, 0.1) is 0 Å². The Morgan fingerprint density at radius 2 is 0.857 bits per heavy atom. The van der Waals surface area contributed by atoms with Crippen LogP contribution in [0.4, 0.5) is 0 Å². The molecule has 3 N–H and O–H groups in total. The molecule has 0 aromatic rings. The van der Waals surface area contributed by atoms with Gasteiger partial charge in [0.05, 0.1) is 39.9 Å². The highest BCUT2D eigenvalue weighted by molar-refractivity contribution is 7.47. The molecule has 0 saturated heterocycles. The van der Waals surface area contributed by atoms with Crippen LogP contribution in [0.15, 0.2) is 60.8 Å². The number of carbonyl (C=O) groups is 1. The molecule has 0 aliphatic carbocycles. The zero-order valence-corrected chi connectivity index (χ0v) is 47.7. The average molecular weight is 1000 g/mol. The second-order valence-corrected chi connectivity index (χ2v) is 22.8. The monoisotopic (exact) mass is 1000 g/mol. The summed E-state index contributed by atoms with van der Waals surface area (Å²) in [4.78, 5) is 23.3. The number of nitrogens with zero attached hydrogens (tertiary/aromatic N) is 1. The van der Waals surface area contributed by atoms with Gasteiger partial charge in [-0.25, -0.2) is 4.57 Å². The molecule has 0 spiro atoms. The first-order valence-corrected chi connectivity index (χ1v) is 31.2.